The van der Waals surface area contributed by atoms with Gasteiger partial charge in [-0.15, -0.1) is 0 Å². The highest BCUT2D eigenvalue weighted by atomic mass is 15.1. The normalized spacial score (nSPS) is 13.8. The largest absolute Gasteiger partial charge is 0.314 e. The fraction of sp³-hybridized carbons (Fsp3) is 1.00. The van der Waals surface area contributed by atoms with Crippen LogP contribution in [0.15, 0.2) is 0 Å². The molecule has 0 rings (SSSR count). The minimum atomic E-state index is 0.669. The number of rotatable bonds is 9. The zero-order chi connectivity index (χ0) is 11.7. The van der Waals surface area contributed by atoms with Gasteiger partial charge in [-0.25, -0.2) is 0 Å². The molecule has 0 aliphatic rings. The first-order valence-electron chi connectivity index (χ1n) is 6.55. The van der Waals surface area contributed by atoms with Crippen molar-refractivity contribution in [1.29, 1.82) is 0 Å². The molecule has 0 aromatic carbocycles. The van der Waals surface area contributed by atoms with Gasteiger partial charge >= 0.3 is 0 Å². The van der Waals surface area contributed by atoms with E-state index in [9.17, 15) is 0 Å². The Morgan fingerprint density at radius 1 is 1.20 bits per heavy atom. The summed E-state index contributed by atoms with van der Waals surface area (Å²) in [7, 11) is 2.20. The van der Waals surface area contributed by atoms with Crippen LogP contribution in [0.3, 0.4) is 0 Å². The lowest BCUT2D eigenvalue weighted by atomic mass is 10.1. The van der Waals surface area contributed by atoms with Crippen molar-refractivity contribution in [3.8, 4) is 0 Å². The molecule has 15 heavy (non-hydrogen) atoms. The number of hydrogen-bond donors (Lipinski definition) is 1. The third kappa shape index (κ3) is 7.80. The van der Waals surface area contributed by atoms with Crippen molar-refractivity contribution in [2.75, 3.05) is 20.1 Å². The van der Waals surface area contributed by atoms with Crippen molar-refractivity contribution >= 4 is 0 Å². The molecule has 0 radical (unpaired) electrons. The average Bonchev–Trinajstić information content (AvgIpc) is 2.22. The molecule has 0 heterocycles. The molecular weight excluding hydrogens is 184 g/mol. The van der Waals surface area contributed by atoms with Crippen LogP contribution in [0, 0.1) is 0 Å². The summed E-state index contributed by atoms with van der Waals surface area (Å²) in [5.41, 5.74) is 0. The molecule has 2 nitrogen and oxygen atoms in total. The highest BCUT2D eigenvalue weighted by molar-refractivity contribution is 4.65. The molecule has 0 bridgehead atoms. The Bertz CT molecular complexity index is 134. The van der Waals surface area contributed by atoms with Crippen molar-refractivity contribution < 1.29 is 0 Å². The molecule has 1 atom stereocenters. The molecule has 0 aliphatic carbocycles. The molecule has 0 aromatic heterocycles. The summed E-state index contributed by atoms with van der Waals surface area (Å²) in [6.45, 7) is 11.4. The summed E-state index contributed by atoms with van der Waals surface area (Å²) in [4.78, 5) is 2.41. The number of nitrogens with zero attached hydrogens (tertiary/aromatic N) is 1. The summed E-state index contributed by atoms with van der Waals surface area (Å²) in [6, 6.07) is 1.40. The lowest BCUT2D eigenvalue weighted by molar-refractivity contribution is 0.267. The maximum atomic E-state index is 3.64. The molecule has 0 saturated heterocycles. The van der Waals surface area contributed by atoms with Crippen molar-refractivity contribution in [2.24, 2.45) is 0 Å². The standard InChI is InChI=1S/C13H30N2/c1-6-9-13(7-2)14-10-8-11-15(5)12(3)4/h12-14H,6-11H2,1-5H3. The molecule has 2 heteroatoms. The van der Waals surface area contributed by atoms with Gasteiger partial charge < -0.3 is 10.2 Å². The van der Waals surface area contributed by atoms with Crippen molar-refractivity contribution in [1.82, 2.24) is 10.2 Å². The summed E-state index contributed by atoms with van der Waals surface area (Å²) < 4.78 is 0. The van der Waals surface area contributed by atoms with Crippen LogP contribution in [0.4, 0.5) is 0 Å². The fourth-order valence-corrected chi connectivity index (χ4v) is 1.69. The molecule has 0 aromatic rings. The second-order valence-corrected chi connectivity index (χ2v) is 4.78. The second kappa shape index (κ2) is 9.17. The van der Waals surface area contributed by atoms with E-state index in [2.05, 4.69) is 45.0 Å². The van der Waals surface area contributed by atoms with Crippen molar-refractivity contribution in [3.05, 3.63) is 0 Å². The lowest BCUT2D eigenvalue weighted by Gasteiger charge is -2.22. The van der Waals surface area contributed by atoms with E-state index in [4.69, 9.17) is 0 Å². The molecule has 92 valence electrons. The van der Waals surface area contributed by atoms with E-state index >= 15 is 0 Å². The van der Waals surface area contributed by atoms with Gasteiger partial charge in [-0.3, -0.25) is 0 Å². The first-order chi connectivity index (χ1) is 7.11. The van der Waals surface area contributed by atoms with Crippen molar-refractivity contribution in [2.45, 2.75) is 65.5 Å². The molecule has 0 fully saturated rings. The SMILES string of the molecule is CCCC(CC)NCCCN(C)C(C)C. The zero-order valence-corrected chi connectivity index (χ0v) is 11.3. The number of hydrogen-bond acceptors (Lipinski definition) is 2. The van der Waals surface area contributed by atoms with Gasteiger partial charge in [0.05, 0.1) is 0 Å². The highest BCUT2D eigenvalue weighted by Gasteiger charge is 2.05. The quantitative estimate of drug-likeness (QED) is 0.594. The van der Waals surface area contributed by atoms with Gasteiger partial charge in [0.25, 0.3) is 0 Å². The Kier molecular flexibility index (Phi) is 9.12. The molecule has 0 spiro atoms. The topological polar surface area (TPSA) is 15.3 Å². The smallest absolute Gasteiger partial charge is 0.00643 e. The molecule has 0 aliphatic heterocycles. The van der Waals surface area contributed by atoms with E-state index in [0.29, 0.717) is 6.04 Å². The first-order valence-corrected chi connectivity index (χ1v) is 6.55. The van der Waals surface area contributed by atoms with Gasteiger partial charge in [0.1, 0.15) is 0 Å². The van der Waals surface area contributed by atoms with E-state index in [1.54, 1.807) is 0 Å². The molecule has 1 N–H and O–H groups in total. The first kappa shape index (κ1) is 14.9. The second-order valence-electron chi connectivity index (χ2n) is 4.78. The van der Waals surface area contributed by atoms with Crippen LogP contribution >= 0.6 is 0 Å². The van der Waals surface area contributed by atoms with Crippen molar-refractivity contribution in [3.63, 3.8) is 0 Å². The Hall–Kier alpha value is -0.0800. The Labute approximate surface area is 96.4 Å². The third-order valence-electron chi connectivity index (χ3n) is 3.13. The number of nitrogens with one attached hydrogen (secondary N) is 1. The monoisotopic (exact) mass is 214 g/mol. The third-order valence-corrected chi connectivity index (χ3v) is 3.13. The van der Waals surface area contributed by atoms with E-state index in [-0.39, 0.29) is 0 Å². The highest BCUT2D eigenvalue weighted by Crippen LogP contribution is 2.01. The average molecular weight is 214 g/mol. The van der Waals surface area contributed by atoms with Gasteiger partial charge in [-0.05, 0) is 53.2 Å². The van der Waals surface area contributed by atoms with Crippen LogP contribution in [0.5, 0.6) is 0 Å². The van der Waals surface area contributed by atoms with Crippen LogP contribution in [0.1, 0.15) is 53.4 Å². The van der Waals surface area contributed by atoms with Gasteiger partial charge in [-0.1, -0.05) is 20.3 Å². The zero-order valence-electron chi connectivity index (χ0n) is 11.3. The maximum absolute atomic E-state index is 3.64. The molecular formula is C13H30N2. The van der Waals surface area contributed by atoms with Crippen LogP contribution in [-0.2, 0) is 0 Å². The van der Waals surface area contributed by atoms with Gasteiger partial charge in [0.2, 0.25) is 0 Å². The summed E-state index contributed by atoms with van der Waals surface area (Å²) in [6.07, 6.45) is 5.12. The predicted molar refractivity (Wildman–Crippen MR) is 69.4 cm³/mol. The molecule has 0 saturated carbocycles. The summed E-state index contributed by atoms with van der Waals surface area (Å²) in [5.74, 6) is 0. The Morgan fingerprint density at radius 2 is 1.87 bits per heavy atom. The Balaban J connectivity index is 3.43. The molecule has 1 unspecified atom stereocenters. The van der Waals surface area contributed by atoms with Crippen LogP contribution in [-0.4, -0.2) is 37.1 Å². The minimum absolute atomic E-state index is 0.669. The van der Waals surface area contributed by atoms with Crippen LogP contribution < -0.4 is 5.32 Å². The summed E-state index contributed by atoms with van der Waals surface area (Å²) in [5, 5.41) is 3.64. The van der Waals surface area contributed by atoms with Gasteiger partial charge in [0.15, 0.2) is 0 Å². The van der Waals surface area contributed by atoms with E-state index < -0.39 is 0 Å². The summed E-state index contributed by atoms with van der Waals surface area (Å²) >= 11 is 0. The maximum Gasteiger partial charge on any atom is 0.00643 e. The predicted octanol–water partition coefficient (Wildman–Crippen LogP) is 2.89. The van der Waals surface area contributed by atoms with Crippen LogP contribution in [0.2, 0.25) is 0 Å². The van der Waals surface area contributed by atoms with Crippen LogP contribution in [0.25, 0.3) is 0 Å². The minimum Gasteiger partial charge on any atom is -0.314 e. The van der Waals surface area contributed by atoms with E-state index in [0.717, 1.165) is 12.6 Å². The Morgan fingerprint density at radius 3 is 2.33 bits per heavy atom. The van der Waals surface area contributed by atoms with E-state index in [1.165, 1.54) is 32.2 Å². The lowest BCUT2D eigenvalue weighted by Crippen LogP contribution is -2.33. The molecule has 0 amide bonds. The van der Waals surface area contributed by atoms with Gasteiger partial charge in [0, 0.05) is 12.1 Å². The fourth-order valence-electron chi connectivity index (χ4n) is 1.69. The van der Waals surface area contributed by atoms with Gasteiger partial charge in [-0.2, -0.15) is 0 Å². The van der Waals surface area contributed by atoms with E-state index in [1.807, 2.05) is 0 Å².